The van der Waals surface area contributed by atoms with Gasteiger partial charge in [0.05, 0.1) is 22.3 Å². The third kappa shape index (κ3) is 3.21. The van der Waals surface area contributed by atoms with Crippen molar-refractivity contribution in [2.75, 3.05) is 5.32 Å². The Kier molecular flexibility index (Phi) is 4.14. The average Bonchev–Trinajstić information content (AvgIpc) is 2.39. The van der Waals surface area contributed by atoms with Gasteiger partial charge in [0.15, 0.2) is 0 Å². The molecule has 0 unspecified atom stereocenters. The van der Waals surface area contributed by atoms with Crippen LogP contribution in [0.1, 0.15) is 15.9 Å². The smallest absolute Gasteiger partial charge is 0.255 e. The van der Waals surface area contributed by atoms with Crippen molar-refractivity contribution in [3.05, 3.63) is 57.6 Å². The SMILES string of the molecule is N#Cc1ccc(NC(=O)c2cc(O)cc(Cl)c2)c(Cl)c1. The van der Waals surface area contributed by atoms with Crippen molar-refractivity contribution in [1.82, 2.24) is 0 Å². The number of benzene rings is 2. The summed E-state index contributed by atoms with van der Waals surface area (Å²) in [7, 11) is 0. The summed E-state index contributed by atoms with van der Waals surface area (Å²) < 4.78 is 0. The van der Waals surface area contributed by atoms with Crippen molar-refractivity contribution in [2.45, 2.75) is 0 Å². The number of carbonyl (C=O) groups is 1. The van der Waals surface area contributed by atoms with Gasteiger partial charge in [-0.15, -0.1) is 0 Å². The number of nitriles is 1. The number of phenolic OH excluding ortho intramolecular Hbond substituents is 1. The highest BCUT2D eigenvalue weighted by Gasteiger charge is 2.11. The minimum absolute atomic E-state index is 0.103. The van der Waals surface area contributed by atoms with Crippen LogP contribution in [0, 0.1) is 11.3 Å². The van der Waals surface area contributed by atoms with Crippen LogP contribution in [0.4, 0.5) is 5.69 Å². The lowest BCUT2D eigenvalue weighted by Crippen LogP contribution is -2.12. The van der Waals surface area contributed by atoms with E-state index in [0.29, 0.717) is 11.3 Å². The fourth-order valence-electron chi connectivity index (χ4n) is 1.59. The summed E-state index contributed by atoms with van der Waals surface area (Å²) in [6, 6.07) is 10.5. The minimum Gasteiger partial charge on any atom is -0.508 e. The largest absolute Gasteiger partial charge is 0.508 e. The predicted octanol–water partition coefficient (Wildman–Crippen LogP) is 3.82. The van der Waals surface area contributed by atoms with E-state index < -0.39 is 5.91 Å². The Morgan fingerprint density at radius 3 is 2.55 bits per heavy atom. The molecule has 2 N–H and O–H groups in total. The summed E-state index contributed by atoms with van der Waals surface area (Å²) >= 11 is 11.7. The molecule has 2 rings (SSSR count). The first-order chi connectivity index (χ1) is 9.49. The highest BCUT2D eigenvalue weighted by molar-refractivity contribution is 6.34. The Morgan fingerprint density at radius 1 is 1.20 bits per heavy atom. The molecule has 1 amide bonds. The van der Waals surface area contributed by atoms with Crippen molar-refractivity contribution >= 4 is 34.8 Å². The second-order valence-electron chi connectivity index (χ2n) is 3.96. The normalized spacial score (nSPS) is 9.85. The predicted molar refractivity (Wildman–Crippen MR) is 77.2 cm³/mol. The van der Waals surface area contributed by atoms with Gasteiger partial charge in [-0.2, -0.15) is 5.26 Å². The molecule has 0 aliphatic carbocycles. The van der Waals surface area contributed by atoms with Crippen LogP contribution in [-0.2, 0) is 0 Å². The van der Waals surface area contributed by atoms with Crippen molar-refractivity contribution in [3.8, 4) is 11.8 Å². The zero-order chi connectivity index (χ0) is 14.7. The second kappa shape index (κ2) is 5.83. The third-order valence-corrected chi connectivity index (χ3v) is 3.02. The summed E-state index contributed by atoms with van der Waals surface area (Å²) in [5.74, 6) is -0.567. The quantitative estimate of drug-likeness (QED) is 0.885. The standard InChI is InChI=1S/C14H8Cl2N2O2/c15-10-4-9(5-11(19)6-10)14(20)18-13-2-1-8(7-17)3-12(13)16/h1-6,19H,(H,18,20). The fraction of sp³-hybridized carbons (Fsp3) is 0. The number of aromatic hydroxyl groups is 1. The molecule has 0 radical (unpaired) electrons. The van der Waals surface area contributed by atoms with Crippen LogP contribution in [0.2, 0.25) is 10.0 Å². The van der Waals surface area contributed by atoms with E-state index in [1.165, 1.54) is 36.4 Å². The van der Waals surface area contributed by atoms with Gasteiger partial charge in [-0.1, -0.05) is 23.2 Å². The van der Waals surface area contributed by atoms with Crippen LogP contribution >= 0.6 is 23.2 Å². The molecule has 0 aromatic heterocycles. The number of hydrogen-bond donors (Lipinski definition) is 2. The average molecular weight is 307 g/mol. The van der Waals surface area contributed by atoms with Gasteiger partial charge in [0.2, 0.25) is 0 Å². The fourth-order valence-corrected chi connectivity index (χ4v) is 2.04. The van der Waals surface area contributed by atoms with E-state index in [0.717, 1.165) is 0 Å². The van der Waals surface area contributed by atoms with Gasteiger partial charge in [-0.05, 0) is 36.4 Å². The van der Waals surface area contributed by atoms with Gasteiger partial charge in [-0.3, -0.25) is 4.79 Å². The first-order valence-corrected chi connectivity index (χ1v) is 6.26. The summed E-state index contributed by atoms with van der Waals surface area (Å²) in [5, 5.41) is 21.2. The maximum Gasteiger partial charge on any atom is 0.255 e. The van der Waals surface area contributed by atoms with Crippen LogP contribution in [0.5, 0.6) is 5.75 Å². The molecule has 0 saturated heterocycles. The first-order valence-electron chi connectivity index (χ1n) is 5.50. The van der Waals surface area contributed by atoms with Crippen LogP contribution < -0.4 is 5.32 Å². The third-order valence-electron chi connectivity index (χ3n) is 2.49. The van der Waals surface area contributed by atoms with Crippen LogP contribution in [0.25, 0.3) is 0 Å². The molecule has 0 bridgehead atoms. The molecular formula is C14H8Cl2N2O2. The zero-order valence-electron chi connectivity index (χ0n) is 10.0. The zero-order valence-corrected chi connectivity index (χ0v) is 11.5. The topological polar surface area (TPSA) is 73.1 Å². The van der Waals surface area contributed by atoms with Crippen LogP contribution in [0.15, 0.2) is 36.4 Å². The van der Waals surface area contributed by atoms with E-state index in [1.807, 2.05) is 6.07 Å². The number of rotatable bonds is 2. The maximum absolute atomic E-state index is 12.0. The first kappa shape index (κ1) is 14.2. The molecule has 0 saturated carbocycles. The molecule has 6 heteroatoms. The van der Waals surface area contributed by atoms with E-state index in [4.69, 9.17) is 28.5 Å². The van der Waals surface area contributed by atoms with Gasteiger partial charge in [0.1, 0.15) is 5.75 Å². The Labute approximate surface area is 125 Å². The molecule has 20 heavy (non-hydrogen) atoms. The van der Waals surface area contributed by atoms with Gasteiger partial charge < -0.3 is 10.4 Å². The number of nitrogens with one attached hydrogen (secondary N) is 1. The molecule has 2 aromatic carbocycles. The Morgan fingerprint density at radius 2 is 1.95 bits per heavy atom. The Bertz CT molecular complexity index is 703. The van der Waals surface area contributed by atoms with E-state index in [-0.39, 0.29) is 21.4 Å². The summed E-state index contributed by atoms with van der Waals surface area (Å²) in [4.78, 5) is 12.0. The lowest BCUT2D eigenvalue weighted by Gasteiger charge is -2.08. The van der Waals surface area contributed by atoms with E-state index in [9.17, 15) is 9.90 Å². The van der Waals surface area contributed by atoms with Gasteiger partial charge in [0.25, 0.3) is 5.91 Å². The summed E-state index contributed by atoms with van der Waals surface area (Å²) in [6.07, 6.45) is 0. The molecule has 2 aromatic rings. The number of halogens is 2. The van der Waals surface area contributed by atoms with Gasteiger partial charge in [0, 0.05) is 10.6 Å². The minimum atomic E-state index is -0.464. The highest BCUT2D eigenvalue weighted by atomic mass is 35.5. The number of phenols is 1. The number of hydrogen-bond acceptors (Lipinski definition) is 3. The molecule has 0 aliphatic rings. The highest BCUT2D eigenvalue weighted by Crippen LogP contribution is 2.25. The lowest BCUT2D eigenvalue weighted by molar-refractivity contribution is 0.102. The summed E-state index contributed by atoms with van der Waals surface area (Å²) in [6.45, 7) is 0. The van der Waals surface area contributed by atoms with Gasteiger partial charge >= 0.3 is 0 Å². The maximum atomic E-state index is 12.0. The molecule has 0 atom stereocenters. The molecule has 100 valence electrons. The number of carbonyl (C=O) groups excluding carboxylic acids is 1. The number of nitrogens with zero attached hydrogens (tertiary/aromatic N) is 1. The molecular weight excluding hydrogens is 299 g/mol. The van der Waals surface area contributed by atoms with Crippen molar-refractivity contribution < 1.29 is 9.90 Å². The van der Waals surface area contributed by atoms with E-state index in [1.54, 1.807) is 0 Å². The molecule has 4 nitrogen and oxygen atoms in total. The molecule has 0 spiro atoms. The Balaban J connectivity index is 2.26. The van der Waals surface area contributed by atoms with Crippen molar-refractivity contribution in [1.29, 1.82) is 5.26 Å². The molecule has 0 fully saturated rings. The number of amides is 1. The number of anilines is 1. The second-order valence-corrected chi connectivity index (χ2v) is 4.80. The van der Waals surface area contributed by atoms with Gasteiger partial charge in [-0.25, -0.2) is 0 Å². The van der Waals surface area contributed by atoms with Crippen LogP contribution in [0.3, 0.4) is 0 Å². The van der Waals surface area contributed by atoms with Crippen molar-refractivity contribution in [3.63, 3.8) is 0 Å². The van der Waals surface area contributed by atoms with Crippen molar-refractivity contribution in [2.24, 2.45) is 0 Å². The van der Waals surface area contributed by atoms with E-state index >= 15 is 0 Å². The molecule has 0 aliphatic heterocycles. The lowest BCUT2D eigenvalue weighted by atomic mass is 10.2. The molecule has 0 heterocycles. The van der Waals surface area contributed by atoms with E-state index in [2.05, 4.69) is 5.32 Å². The monoisotopic (exact) mass is 306 g/mol. The van der Waals surface area contributed by atoms with Crippen LogP contribution in [-0.4, -0.2) is 11.0 Å². The Hall–Kier alpha value is -2.22. The summed E-state index contributed by atoms with van der Waals surface area (Å²) in [5.41, 5.74) is 0.971.